The van der Waals surface area contributed by atoms with Gasteiger partial charge in [0.25, 0.3) is 0 Å². The number of esters is 1. The molecule has 0 spiro atoms. The molecule has 0 atom stereocenters. The van der Waals surface area contributed by atoms with E-state index in [2.05, 4.69) is 16.7 Å². The maximum Gasteiger partial charge on any atom is 0.337 e. The number of hydrogen-bond donors (Lipinski definition) is 0. The third-order valence-corrected chi connectivity index (χ3v) is 4.09. The van der Waals surface area contributed by atoms with Crippen LogP contribution in [0.25, 0.3) is 21.8 Å². The number of fused-ring (bicyclic) bond motifs is 3. The van der Waals surface area contributed by atoms with Gasteiger partial charge >= 0.3 is 5.97 Å². The van der Waals surface area contributed by atoms with Crippen molar-refractivity contribution in [2.45, 2.75) is 6.54 Å². The molecule has 1 aromatic heterocycles. The Morgan fingerprint density at radius 1 is 0.958 bits per heavy atom. The van der Waals surface area contributed by atoms with E-state index in [1.807, 2.05) is 24.3 Å². The zero-order valence-electron chi connectivity index (χ0n) is 14.0. The Bertz CT molecular complexity index is 853. The van der Waals surface area contributed by atoms with Gasteiger partial charge in [-0.3, -0.25) is 0 Å². The molecule has 0 saturated heterocycles. The van der Waals surface area contributed by atoms with Crippen molar-refractivity contribution in [2.75, 3.05) is 34.0 Å². The summed E-state index contributed by atoms with van der Waals surface area (Å²) in [5.74, 6) is -0.329. The summed E-state index contributed by atoms with van der Waals surface area (Å²) in [6.45, 7) is 2.44. The molecule has 0 saturated carbocycles. The molecule has 3 rings (SSSR count). The standard InChI is InChI=1S/C19H21NO4/c1-22-11-12-24-10-9-20-17-6-4-3-5-15(17)16-8-7-14(13-18(16)20)19(21)23-2/h3-8,13H,9-12H2,1-2H3. The molecule has 5 nitrogen and oxygen atoms in total. The molecule has 24 heavy (non-hydrogen) atoms. The molecule has 0 unspecified atom stereocenters. The van der Waals surface area contributed by atoms with Gasteiger partial charge in [0.2, 0.25) is 0 Å². The highest BCUT2D eigenvalue weighted by molar-refractivity contribution is 6.09. The second kappa shape index (κ2) is 7.47. The number of benzene rings is 2. The van der Waals surface area contributed by atoms with Crippen LogP contribution in [0.15, 0.2) is 42.5 Å². The highest BCUT2D eigenvalue weighted by atomic mass is 16.5. The average Bonchev–Trinajstić information content (AvgIpc) is 2.94. The molecule has 0 amide bonds. The maximum absolute atomic E-state index is 11.8. The van der Waals surface area contributed by atoms with E-state index < -0.39 is 0 Å². The van der Waals surface area contributed by atoms with Gasteiger partial charge in [0.1, 0.15) is 0 Å². The summed E-state index contributed by atoms with van der Waals surface area (Å²) < 4.78 is 17.6. The van der Waals surface area contributed by atoms with Crippen molar-refractivity contribution < 1.29 is 19.0 Å². The summed E-state index contributed by atoms with van der Waals surface area (Å²) in [5.41, 5.74) is 2.69. The summed E-state index contributed by atoms with van der Waals surface area (Å²) in [7, 11) is 3.05. The summed E-state index contributed by atoms with van der Waals surface area (Å²) >= 11 is 0. The fraction of sp³-hybridized carbons (Fsp3) is 0.316. The highest BCUT2D eigenvalue weighted by Gasteiger charge is 2.13. The van der Waals surface area contributed by atoms with E-state index in [-0.39, 0.29) is 5.97 Å². The minimum absolute atomic E-state index is 0.329. The van der Waals surface area contributed by atoms with Crippen molar-refractivity contribution in [2.24, 2.45) is 0 Å². The Kier molecular flexibility index (Phi) is 5.13. The molecule has 126 valence electrons. The zero-order valence-corrected chi connectivity index (χ0v) is 14.0. The molecule has 0 radical (unpaired) electrons. The van der Waals surface area contributed by atoms with Crippen LogP contribution >= 0.6 is 0 Å². The van der Waals surface area contributed by atoms with Crippen LogP contribution in [0.5, 0.6) is 0 Å². The van der Waals surface area contributed by atoms with Crippen LogP contribution in [-0.2, 0) is 20.8 Å². The SMILES string of the molecule is COCCOCCn1c2ccccc2c2ccc(C(=O)OC)cc21. The van der Waals surface area contributed by atoms with E-state index in [1.165, 1.54) is 12.5 Å². The first-order valence-electron chi connectivity index (χ1n) is 7.92. The van der Waals surface area contributed by atoms with Gasteiger partial charge in [0.15, 0.2) is 0 Å². The number of rotatable bonds is 7. The topological polar surface area (TPSA) is 49.7 Å². The number of ether oxygens (including phenoxy) is 3. The summed E-state index contributed by atoms with van der Waals surface area (Å²) in [6, 6.07) is 13.9. The molecule has 2 aromatic carbocycles. The number of carbonyl (C=O) groups excluding carboxylic acids is 1. The summed E-state index contributed by atoms with van der Waals surface area (Å²) in [4.78, 5) is 11.8. The van der Waals surface area contributed by atoms with Crippen molar-refractivity contribution >= 4 is 27.8 Å². The predicted molar refractivity (Wildman–Crippen MR) is 93.5 cm³/mol. The Balaban J connectivity index is 2.00. The lowest BCUT2D eigenvalue weighted by molar-refractivity contribution is 0.0601. The molecule has 3 aromatic rings. The average molecular weight is 327 g/mol. The van der Waals surface area contributed by atoms with Crippen LogP contribution in [-0.4, -0.2) is 44.6 Å². The number of aromatic nitrogens is 1. The quantitative estimate of drug-likeness (QED) is 0.494. The Labute approximate surface area is 140 Å². The number of nitrogens with zero attached hydrogens (tertiary/aromatic N) is 1. The van der Waals surface area contributed by atoms with E-state index in [4.69, 9.17) is 14.2 Å². The lowest BCUT2D eigenvalue weighted by atomic mass is 10.1. The largest absolute Gasteiger partial charge is 0.465 e. The Morgan fingerprint density at radius 3 is 2.54 bits per heavy atom. The second-order valence-electron chi connectivity index (χ2n) is 5.50. The molecule has 0 aliphatic carbocycles. The number of carbonyl (C=O) groups is 1. The van der Waals surface area contributed by atoms with E-state index in [1.54, 1.807) is 13.2 Å². The Hall–Kier alpha value is -2.37. The van der Waals surface area contributed by atoms with Gasteiger partial charge < -0.3 is 18.8 Å². The number of hydrogen-bond acceptors (Lipinski definition) is 4. The third-order valence-electron chi connectivity index (χ3n) is 4.09. The van der Waals surface area contributed by atoms with Crippen molar-refractivity contribution in [3.8, 4) is 0 Å². The van der Waals surface area contributed by atoms with Crippen LogP contribution in [0.1, 0.15) is 10.4 Å². The molecule has 1 heterocycles. The minimum Gasteiger partial charge on any atom is -0.465 e. The van der Waals surface area contributed by atoms with E-state index in [0.29, 0.717) is 31.9 Å². The first kappa shape index (κ1) is 16.5. The summed E-state index contributed by atoms with van der Waals surface area (Å²) in [6.07, 6.45) is 0. The lowest BCUT2D eigenvalue weighted by Crippen LogP contribution is -2.09. The van der Waals surface area contributed by atoms with Crippen molar-refractivity contribution in [1.29, 1.82) is 0 Å². The molecule has 0 fully saturated rings. The zero-order chi connectivity index (χ0) is 16.9. The van der Waals surface area contributed by atoms with Gasteiger partial charge in [-0.25, -0.2) is 4.79 Å². The highest BCUT2D eigenvalue weighted by Crippen LogP contribution is 2.29. The third kappa shape index (κ3) is 3.13. The second-order valence-corrected chi connectivity index (χ2v) is 5.50. The monoisotopic (exact) mass is 327 g/mol. The number of para-hydroxylation sites is 1. The smallest absolute Gasteiger partial charge is 0.337 e. The molecular formula is C19H21NO4. The maximum atomic E-state index is 11.8. The van der Waals surface area contributed by atoms with Crippen LogP contribution in [0.3, 0.4) is 0 Å². The van der Waals surface area contributed by atoms with Crippen molar-refractivity contribution in [1.82, 2.24) is 4.57 Å². The lowest BCUT2D eigenvalue weighted by Gasteiger charge is -2.09. The molecule has 5 heteroatoms. The van der Waals surface area contributed by atoms with Crippen LogP contribution in [0.4, 0.5) is 0 Å². The minimum atomic E-state index is -0.329. The molecular weight excluding hydrogens is 306 g/mol. The fourth-order valence-corrected chi connectivity index (χ4v) is 2.94. The molecule has 0 N–H and O–H groups in total. The normalized spacial score (nSPS) is 11.2. The first-order chi connectivity index (χ1) is 11.8. The molecule has 0 bridgehead atoms. The van der Waals surface area contributed by atoms with E-state index in [0.717, 1.165) is 16.4 Å². The van der Waals surface area contributed by atoms with Crippen LogP contribution in [0.2, 0.25) is 0 Å². The summed E-state index contributed by atoms with van der Waals surface area (Å²) in [5, 5.41) is 2.29. The Morgan fingerprint density at radius 2 is 1.75 bits per heavy atom. The van der Waals surface area contributed by atoms with Crippen LogP contribution < -0.4 is 0 Å². The van der Waals surface area contributed by atoms with Gasteiger partial charge in [-0.2, -0.15) is 0 Å². The number of methoxy groups -OCH3 is 2. The first-order valence-corrected chi connectivity index (χ1v) is 7.92. The van der Waals surface area contributed by atoms with Gasteiger partial charge in [0.05, 0.1) is 38.0 Å². The fourth-order valence-electron chi connectivity index (χ4n) is 2.94. The van der Waals surface area contributed by atoms with Crippen molar-refractivity contribution in [3.63, 3.8) is 0 Å². The van der Waals surface area contributed by atoms with Gasteiger partial charge in [-0.1, -0.05) is 24.3 Å². The van der Waals surface area contributed by atoms with Gasteiger partial charge in [-0.15, -0.1) is 0 Å². The van der Waals surface area contributed by atoms with E-state index in [9.17, 15) is 4.79 Å². The van der Waals surface area contributed by atoms with Gasteiger partial charge in [-0.05, 0) is 18.2 Å². The predicted octanol–water partition coefficient (Wildman–Crippen LogP) is 3.24. The van der Waals surface area contributed by atoms with E-state index >= 15 is 0 Å². The van der Waals surface area contributed by atoms with Crippen LogP contribution in [0, 0.1) is 0 Å². The molecule has 0 aliphatic rings. The van der Waals surface area contributed by atoms with Gasteiger partial charge in [0, 0.05) is 29.9 Å². The molecule has 0 aliphatic heterocycles. The van der Waals surface area contributed by atoms with Crippen molar-refractivity contribution in [3.05, 3.63) is 48.0 Å².